The summed E-state index contributed by atoms with van der Waals surface area (Å²) in [5, 5.41) is 12.3. The predicted molar refractivity (Wildman–Crippen MR) is 73.5 cm³/mol. The van der Waals surface area contributed by atoms with Gasteiger partial charge in [0.25, 0.3) is 0 Å². The van der Waals surface area contributed by atoms with Crippen LogP contribution in [0.3, 0.4) is 0 Å². The van der Waals surface area contributed by atoms with Gasteiger partial charge in [0.2, 0.25) is 5.91 Å². The van der Waals surface area contributed by atoms with Gasteiger partial charge in [-0.1, -0.05) is 23.7 Å². The third-order valence-electron chi connectivity index (χ3n) is 3.57. The number of halogens is 1. The van der Waals surface area contributed by atoms with Gasteiger partial charge in [-0.2, -0.15) is 0 Å². The smallest absolute Gasteiger partial charge is 0.319 e. The Hall–Kier alpha value is -1.59. The molecule has 1 amide bonds. The molecule has 0 saturated heterocycles. The molecule has 0 bridgehead atoms. The summed E-state index contributed by atoms with van der Waals surface area (Å²) in [6, 6.07) is 7.11. The van der Waals surface area contributed by atoms with Crippen LogP contribution in [0, 0.1) is 5.41 Å². The molecule has 0 spiro atoms. The van der Waals surface area contributed by atoms with Gasteiger partial charge in [0.1, 0.15) is 5.41 Å². The van der Waals surface area contributed by atoms with Crippen molar-refractivity contribution in [2.45, 2.75) is 18.9 Å². The number of carbonyl (C=O) groups is 2. The van der Waals surface area contributed by atoms with Crippen LogP contribution in [0.1, 0.15) is 24.5 Å². The first-order chi connectivity index (χ1) is 9.49. The highest BCUT2D eigenvalue weighted by molar-refractivity contribution is 6.30. The van der Waals surface area contributed by atoms with Crippen molar-refractivity contribution in [2.75, 3.05) is 13.7 Å². The molecule has 1 aliphatic carbocycles. The Kier molecular flexibility index (Phi) is 4.30. The maximum Gasteiger partial charge on any atom is 0.319 e. The van der Waals surface area contributed by atoms with Crippen molar-refractivity contribution in [1.82, 2.24) is 5.32 Å². The van der Waals surface area contributed by atoms with E-state index in [0.29, 0.717) is 17.9 Å². The van der Waals surface area contributed by atoms with E-state index in [2.05, 4.69) is 5.32 Å². The van der Waals surface area contributed by atoms with Crippen molar-refractivity contribution in [1.29, 1.82) is 0 Å². The summed E-state index contributed by atoms with van der Waals surface area (Å²) in [6.45, 7) is 0.228. The molecule has 6 heteroatoms. The number of carboxylic acid groups (broad SMARTS) is 1. The molecule has 0 aliphatic heterocycles. The van der Waals surface area contributed by atoms with Crippen LogP contribution in [0.5, 0.6) is 0 Å². The summed E-state index contributed by atoms with van der Waals surface area (Å²) in [5.74, 6) is -1.50. The van der Waals surface area contributed by atoms with E-state index in [0.717, 1.165) is 5.56 Å². The standard InChI is InChI=1S/C14H16ClNO4/c1-20-11(9-2-4-10(15)5-3-9)8-16-12(17)14(6-7-14)13(18)19/h2-5,11H,6-8H2,1H3,(H,16,17)(H,18,19). The van der Waals surface area contributed by atoms with Crippen LogP contribution in [-0.2, 0) is 14.3 Å². The van der Waals surface area contributed by atoms with Gasteiger partial charge in [0.15, 0.2) is 0 Å². The van der Waals surface area contributed by atoms with Crippen molar-refractivity contribution < 1.29 is 19.4 Å². The van der Waals surface area contributed by atoms with Crippen molar-refractivity contribution in [3.05, 3.63) is 34.9 Å². The number of rotatable bonds is 6. The van der Waals surface area contributed by atoms with E-state index in [9.17, 15) is 9.59 Å². The molecule has 5 nitrogen and oxygen atoms in total. The molecule has 1 aromatic carbocycles. The SMILES string of the molecule is COC(CNC(=O)C1(C(=O)O)CC1)c1ccc(Cl)cc1. The molecule has 0 heterocycles. The fraction of sp³-hybridized carbons (Fsp3) is 0.429. The van der Waals surface area contributed by atoms with E-state index in [4.69, 9.17) is 21.4 Å². The average Bonchev–Trinajstić information content (AvgIpc) is 3.22. The molecule has 1 fully saturated rings. The van der Waals surface area contributed by atoms with Gasteiger partial charge < -0.3 is 15.2 Å². The maximum absolute atomic E-state index is 11.9. The van der Waals surface area contributed by atoms with Crippen LogP contribution in [0.4, 0.5) is 0 Å². The second-order valence-corrected chi connectivity index (χ2v) is 5.31. The van der Waals surface area contributed by atoms with Crippen LogP contribution in [-0.4, -0.2) is 30.6 Å². The Labute approximate surface area is 121 Å². The van der Waals surface area contributed by atoms with Crippen molar-refractivity contribution >= 4 is 23.5 Å². The molecule has 2 N–H and O–H groups in total. The summed E-state index contributed by atoms with van der Waals surface area (Å²) in [7, 11) is 1.54. The van der Waals surface area contributed by atoms with Crippen LogP contribution < -0.4 is 5.32 Å². The van der Waals surface area contributed by atoms with E-state index < -0.39 is 17.3 Å². The van der Waals surface area contributed by atoms with Gasteiger partial charge in [0, 0.05) is 18.7 Å². The number of benzene rings is 1. The van der Waals surface area contributed by atoms with Gasteiger partial charge in [-0.3, -0.25) is 9.59 Å². The second-order valence-electron chi connectivity index (χ2n) is 4.87. The van der Waals surface area contributed by atoms with Gasteiger partial charge >= 0.3 is 5.97 Å². The van der Waals surface area contributed by atoms with Crippen molar-refractivity contribution in [3.63, 3.8) is 0 Å². The summed E-state index contributed by atoms with van der Waals surface area (Å²) >= 11 is 5.81. The lowest BCUT2D eigenvalue weighted by molar-refractivity contribution is -0.149. The molecule has 1 saturated carbocycles. The number of methoxy groups -OCH3 is 1. The van der Waals surface area contributed by atoms with E-state index in [-0.39, 0.29) is 12.6 Å². The summed E-state index contributed by atoms with van der Waals surface area (Å²) < 4.78 is 5.31. The normalized spacial score (nSPS) is 17.3. The Balaban J connectivity index is 1.96. The number of amides is 1. The number of carbonyl (C=O) groups excluding carboxylic acids is 1. The number of aliphatic carboxylic acids is 1. The topological polar surface area (TPSA) is 75.6 Å². The average molecular weight is 298 g/mol. The van der Waals surface area contributed by atoms with E-state index >= 15 is 0 Å². The second kappa shape index (κ2) is 5.81. The Morgan fingerprint density at radius 1 is 1.40 bits per heavy atom. The third kappa shape index (κ3) is 2.94. The number of hydrogen-bond donors (Lipinski definition) is 2. The highest BCUT2D eigenvalue weighted by Crippen LogP contribution is 2.46. The maximum atomic E-state index is 11.9. The van der Waals surface area contributed by atoms with Crippen LogP contribution >= 0.6 is 11.6 Å². The zero-order valence-corrected chi connectivity index (χ0v) is 11.8. The van der Waals surface area contributed by atoms with E-state index in [1.807, 2.05) is 12.1 Å². The van der Waals surface area contributed by atoms with E-state index in [1.54, 1.807) is 12.1 Å². The highest BCUT2D eigenvalue weighted by Gasteiger charge is 2.57. The molecule has 0 aromatic heterocycles. The quantitative estimate of drug-likeness (QED) is 0.788. The first kappa shape index (κ1) is 14.8. The minimum Gasteiger partial charge on any atom is -0.480 e. The van der Waals surface area contributed by atoms with Crippen LogP contribution in [0.2, 0.25) is 5.02 Å². The minimum atomic E-state index is -1.22. The van der Waals surface area contributed by atoms with Crippen LogP contribution in [0.15, 0.2) is 24.3 Å². The largest absolute Gasteiger partial charge is 0.480 e. The molecule has 1 unspecified atom stereocenters. The zero-order chi connectivity index (χ0) is 14.8. The molecule has 20 heavy (non-hydrogen) atoms. The molecule has 1 aromatic rings. The minimum absolute atomic E-state index is 0.228. The molecule has 1 aliphatic rings. The summed E-state index contributed by atoms with van der Waals surface area (Å²) in [5.41, 5.74) is -0.351. The number of hydrogen-bond acceptors (Lipinski definition) is 3. The molecule has 108 valence electrons. The van der Waals surface area contributed by atoms with Gasteiger partial charge in [0.05, 0.1) is 6.10 Å². The molecular weight excluding hydrogens is 282 g/mol. The highest BCUT2D eigenvalue weighted by atomic mass is 35.5. The fourth-order valence-electron chi connectivity index (χ4n) is 2.03. The van der Waals surface area contributed by atoms with Crippen molar-refractivity contribution in [3.8, 4) is 0 Å². The number of nitrogens with one attached hydrogen (secondary N) is 1. The Morgan fingerprint density at radius 3 is 2.45 bits per heavy atom. The summed E-state index contributed by atoms with van der Waals surface area (Å²) in [6.07, 6.45) is 0.459. The zero-order valence-electron chi connectivity index (χ0n) is 11.1. The fourth-order valence-corrected chi connectivity index (χ4v) is 2.16. The van der Waals surface area contributed by atoms with Crippen molar-refractivity contribution in [2.24, 2.45) is 5.41 Å². The predicted octanol–water partition coefficient (Wildman–Crippen LogP) is 2.01. The molecule has 1 atom stereocenters. The first-order valence-electron chi connectivity index (χ1n) is 6.29. The molecule has 0 radical (unpaired) electrons. The number of carboxylic acids is 1. The first-order valence-corrected chi connectivity index (χ1v) is 6.67. The number of ether oxygens (including phenoxy) is 1. The lowest BCUT2D eigenvalue weighted by atomic mass is 10.1. The third-order valence-corrected chi connectivity index (χ3v) is 3.82. The van der Waals surface area contributed by atoms with Gasteiger partial charge in [-0.05, 0) is 30.5 Å². The van der Waals surface area contributed by atoms with Crippen LogP contribution in [0.25, 0.3) is 0 Å². The van der Waals surface area contributed by atoms with E-state index in [1.165, 1.54) is 7.11 Å². The molecular formula is C14H16ClNO4. The van der Waals surface area contributed by atoms with Gasteiger partial charge in [-0.15, -0.1) is 0 Å². The Morgan fingerprint density at radius 2 is 2.00 bits per heavy atom. The monoisotopic (exact) mass is 297 g/mol. The Bertz CT molecular complexity index is 510. The lowest BCUT2D eigenvalue weighted by Crippen LogP contribution is -2.39. The van der Waals surface area contributed by atoms with Gasteiger partial charge in [-0.25, -0.2) is 0 Å². The molecule has 2 rings (SSSR count). The lowest BCUT2D eigenvalue weighted by Gasteiger charge is -2.18. The summed E-state index contributed by atoms with van der Waals surface area (Å²) in [4.78, 5) is 22.9.